The van der Waals surface area contributed by atoms with Crippen molar-refractivity contribution in [2.45, 2.75) is 26.3 Å². The second kappa shape index (κ2) is 6.51. The summed E-state index contributed by atoms with van der Waals surface area (Å²) in [4.78, 5) is 14.9. The third kappa shape index (κ3) is 4.86. The minimum Gasteiger partial charge on any atom is -0.382 e. The normalized spacial score (nSPS) is 11.3. The Kier molecular flexibility index (Phi) is 5.29. The Labute approximate surface area is 114 Å². The van der Waals surface area contributed by atoms with E-state index >= 15 is 0 Å². The van der Waals surface area contributed by atoms with Crippen LogP contribution >= 0.6 is 0 Å². The van der Waals surface area contributed by atoms with Crippen molar-refractivity contribution >= 4 is 17.8 Å². The maximum atomic E-state index is 5.17. The number of nitrogens with zero attached hydrogens (tertiary/aromatic N) is 4. The van der Waals surface area contributed by atoms with Crippen LogP contribution in [0.3, 0.4) is 0 Å². The maximum absolute atomic E-state index is 5.17. The van der Waals surface area contributed by atoms with Gasteiger partial charge in [-0.25, -0.2) is 0 Å². The van der Waals surface area contributed by atoms with Crippen molar-refractivity contribution in [3.05, 3.63) is 0 Å². The third-order valence-corrected chi connectivity index (χ3v) is 2.31. The Morgan fingerprint density at radius 1 is 1.16 bits per heavy atom. The number of hydrogen-bond donors (Lipinski definition) is 2. The number of anilines is 3. The first-order chi connectivity index (χ1) is 8.88. The van der Waals surface area contributed by atoms with Crippen LogP contribution in [0.2, 0.25) is 0 Å². The molecule has 19 heavy (non-hydrogen) atoms. The molecule has 0 amide bonds. The summed E-state index contributed by atoms with van der Waals surface area (Å²) >= 11 is 0. The van der Waals surface area contributed by atoms with Crippen LogP contribution in [-0.2, 0) is 4.74 Å². The van der Waals surface area contributed by atoms with Crippen molar-refractivity contribution in [2.75, 3.05) is 49.9 Å². The van der Waals surface area contributed by atoms with Crippen LogP contribution in [0.4, 0.5) is 17.8 Å². The van der Waals surface area contributed by atoms with Gasteiger partial charge in [0.15, 0.2) is 0 Å². The second-order valence-electron chi connectivity index (χ2n) is 5.15. The third-order valence-electron chi connectivity index (χ3n) is 2.31. The summed E-state index contributed by atoms with van der Waals surface area (Å²) in [7, 11) is 5.47. The molecule has 1 heterocycles. The van der Waals surface area contributed by atoms with Crippen LogP contribution in [-0.4, -0.2) is 54.8 Å². The average Bonchev–Trinajstić information content (AvgIpc) is 2.27. The Hall–Kier alpha value is -1.63. The zero-order valence-corrected chi connectivity index (χ0v) is 12.6. The second-order valence-corrected chi connectivity index (χ2v) is 5.15. The van der Waals surface area contributed by atoms with Crippen LogP contribution in [0, 0.1) is 0 Å². The quantitative estimate of drug-likeness (QED) is 0.769. The molecule has 1 aromatic heterocycles. The fourth-order valence-corrected chi connectivity index (χ4v) is 1.56. The van der Waals surface area contributed by atoms with Crippen molar-refractivity contribution in [3.63, 3.8) is 0 Å². The molecule has 0 bridgehead atoms. The molecule has 0 atom stereocenters. The number of aromatic nitrogens is 3. The van der Waals surface area contributed by atoms with E-state index in [1.54, 1.807) is 7.11 Å². The van der Waals surface area contributed by atoms with Crippen LogP contribution in [0.25, 0.3) is 0 Å². The lowest BCUT2D eigenvalue weighted by molar-refractivity contribution is 0.158. The predicted molar refractivity (Wildman–Crippen MR) is 77.9 cm³/mol. The lowest BCUT2D eigenvalue weighted by Crippen LogP contribution is -2.37. The van der Waals surface area contributed by atoms with E-state index < -0.39 is 0 Å². The van der Waals surface area contributed by atoms with Gasteiger partial charge in [0, 0.05) is 27.7 Å². The monoisotopic (exact) mass is 268 g/mol. The minimum atomic E-state index is -0.247. The SMILES string of the molecule is CCNc1nc(NC(C)(C)COC)nc(N(C)C)n1. The molecular weight excluding hydrogens is 244 g/mol. The molecule has 1 rings (SSSR count). The van der Waals surface area contributed by atoms with Gasteiger partial charge in [-0.2, -0.15) is 15.0 Å². The van der Waals surface area contributed by atoms with E-state index in [1.807, 2.05) is 39.8 Å². The van der Waals surface area contributed by atoms with Crippen LogP contribution in [0.5, 0.6) is 0 Å². The highest BCUT2D eigenvalue weighted by Crippen LogP contribution is 2.15. The minimum absolute atomic E-state index is 0.247. The van der Waals surface area contributed by atoms with E-state index in [4.69, 9.17) is 4.74 Å². The molecule has 0 aliphatic carbocycles. The first kappa shape index (κ1) is 15.4. The standard InChI is InChI=1S/C12H24N6O/c1-7-13-9-14-10(16-11(15-9)18(4)5)17-12(2,3)8-19-6/h7-8H2,1-6H3,(H2,13,14,15,16,17). The van der Waals surface area contributed by atoms with E-state index in [2.05, 4.69) is 25.6 Å². The highest BCUT2D eigenvalue weighted by atomic mass is 16.5. The van der Waals surface area contributed by atoms with Crippen LogP contribution in [0.1, 0.15) is 20.8 Å². The van der Waals surface area contributed by atoms with E-state index in [0.717, 1.165) is 6.54 Å². The molecule has 0 fully saturated rings. The number of ether oxygens (including phenoxy) is 1. The summed E-state index contributed by atoms with van der Waals surface area (Å²) < 4.78 is 5.17. The molecule has 0 saturated carbocycles. The number of hydrogen-bond acceptors (Lipinski definition) is 7. The van der Waals surface area contributed by atoms with Gasteiger partial charge in [-0.15, -0.1) is 0 Å². The van der Waals surface area contributed by atoms with E-state index in [1.165, 1.54) is 0 Å². The van der Waals surface area contributed by atoms with Crippen molar-refractivity contribution in [1.29, 1.82) is 0 Å². The molecule has 7 heteroatoms. The molecule has 0 saturated heterocycles. The first-order valence-electron chi connectivity index (χ1n) is 6.32. The zero-order chi connectivity index (χ0) is 14.5. The van der Waals surface area contributed by atoms with Gasteiger partial charge in [-0.3, -0.25) is 0 Å². The molecule has 0 aliphatic rings. The summed E-state index contributed by atoms with van der Waals surface area (Å²) in [6.45, 7) is 7.39. The molecule has 0 aromatic carbocycles. The molecular formula is C12H24N6O. The molecule has 0 spiro atoms. The first-order valence-corrected chi connectivity index (χ1v) is 6.32. The summed E-state index contributed by atoms with van der Waals surface area (Å²) in [5.41, 5.74) is -0.247. The number of rotatable bonds is 7. The zero-order valence-electron chi connectivity index (χ0n) is 12.6. The van der Waals surface area contributed by atoms with Gasteiger partial charge in [0.25, 0.3) is 0 Å². The number of nitrogens with one attached hydrogen (secondary N) is 2. The Morgan fingerprint density at radius 2 is 1.79 bits per heavy atom. The molecule has 7 nitrogen and oxygen atoms in total. The number of methoxy groups -OCH3 is 1. The van der Waals surface area contributed by atoms with Crippen LogP contribution < -0.4 is 15.5 Å². The lowest BCUT2D eigenvalue weighted by atomic mass is 10.1. The van der Waals surface area contributed by atoms with Gasteiger partial charge < -0.3 is 20.3 Å². The van der Waals surface area contributed by atoms with Crippen molar-refractivity contribution < 1.29 is 4.74 Å². The van der Waals surface area contributed by atoms with Gasteiger partial charge >= 0.3 is 0 Å². The van der Waals surface area contributed by atoms with Gasteiger partial charge in [0.1, 0.15) is 0 Å². The van der Waals surface area contributed by atoms with Gasteiger partial charge in [0.2, 0.25) is 17.8 Å². The highest BCUT2D eigenvalue weighted by Gasteiger charge is 2.19. The van der Waals surface area contributed by atoms with Gasteiger partial charge in [0.05, 0.1) is 12.1 Å². The summed E-state index contributed by atoms with van der Waals surface area (Å²) in [5, 5.41) is 6.36. The largest absolute Gasteiger partial charge is 0.382 e. The Balaban J connectivity index is 2.98. The lowest BCUT2D eigenvalue weighted by Gasteiger charge is -2.25. The van der Waals surface area contributed by atoms with Crippen molar-refractivity contribution in [1.82, 2.24) is 15.0 Å². The topological polar surface area (TPSA) is 75.2 Å². The average molecular weight is 268 g/mol. The summed E-state index contributed by atoms with van der Waals surface area (Å²) in [6, 6.07) is 0. The fourth-order valence-electron chi connectivity index (χ4n) is 1.56. The molecule has 108 valence electrons. The summed E-state index contributed by atoms with van der Waals surface area (Å²) in [6.07, 6.45) is 0. The van der Waals surface area contributed by atoms with E-state index in [0.29, 0.717) is 24.5 Å². The van der Waals surface area contributed by atoms with Crippen molar-refractivity contribution in [3.8, 4) is 0 Å². The van der Waals surface area contributed by atoms with E-state index in [9.17, 15) is 0 Å². The molecule has 0 radical (unpaired) electrons. The Morgan fingerprint density at radius 3 is 2.32 bits per heavy atom. The molecule has 2 N–H and O–H groups in total. The predicted octanol–water partition coefficient (Wildman–Crippen LogP) is 1.21. The van der Waals surface area contributed by atoms with E-state index in [-0.39, 0.29) is 5.54 Å². The smallest absolute Gasteiger partial charge is 0.231 e. The fraction of sp³-hybridized carbons (Fsp3) is 0.750. The maximum Gasteiger partial charge on any atom is 0.231 e. The molecule has 1 aromatic rings. The van der Waals surface area contributed by atoms with Gasteiger partial charge in [-0.1, -0.05) is 0 Å². The highest BCUT2D eigenvalue weighted by molar-refractivity contribution is 5.43. The molecule has 0 aliphatic heterocycles. The van der Waals surface area contributed by atoms with Crippen LogP contribution in [0.15, 0.2) is 0 Å². The van der Waals surface area contributed by atoms with Crippen molar-refractivity contribution in [2.24, 2.45) is 0 Å². The molecule has 0 unspecified atom stereocenters. The Bertz CT molecular complexity index is 407. The summed E-state index contributed by atoms with van der Waals surface area (Å²) in [5.74, 6) is 1.72. The van der Waals surface area contributed by atoms with Gasteiger partial charge in [-0.05, 0) is 20.8 Å².